The molecule has 0 heterocycles. The number of rotatable bonds is 2. The average molecular weight is 426 g/mol. The molecule has 0 aliphatic carbocycles. The molecule has 33 heavy (non-hydrogen) atoms. The van der Waals surface area contributed by atoms with Crippen LogP contribution in [0.2, 0.25) is 0 Å². The standard InChI is InChI=1S/2C14H8N2.H2O/c2*15-9-11-1-5-13(6-2-11)14-7-3-12(10-16)4-8-14;/h2*1-8H;1H2. The Labute approximate surface area is 192 Å². The van der Waals surface area contributed by atoms with Crippen molar-refractivity contribution in [3.05, 3.63) is 119 Å². The molecule has 0 saturated carbocycles. The first-order valence-corrected chi connectivity index (χ1v) is 9.68. The zero-order valence-corrected chi connectivity index (χ0v) is 17.5. The fourth-order valence-corrected chi connectivity index (χ4v) is 2.95. The lowest BCUT2D eigenvalue weighted by Crippen LogP contribution is -1.80. The van der Waals surface area contributed by atoms with E-state index in [0.29, 0.717) is 22.3 Å². The van der Waals surface area contributed by atoms with Crippen LogP contribution in [0.4, 0.5) is 0 Å². The highest BCUT2D eigenvalue weighted by atomic mass is 16.0. The van der Waals surface area contributed by atoms with Gasteiger partial charge in [-0.15, -0.1) is 0 Å². The normalized spacial score (nSPS) is 8.85. The molecule has 0 bridgehead atoms. The van der Waals surface area contributed by atoms with Crippen LogP contribution in [-0.2, 0) is 0 Å². The van der Waals surface area contributed by atoms with Gasteiger partial charge in [-0.05, 0) is 70.8 Å². The van der Waals surface area contributed by atoms with Crippen molar-refractivity contribution < 1.29 is 5.48 Å². The third-order valence-corrected chi connectivity index (χ3v) is 4.72. The molecule has 0 fully saturated rings. The topological polar surface area (TPSA) is 127 Å². The Balaban J connectivity index is 0.000000227. The van der Waals surface area contributed by atoms with Crippen LogP contribution >= 0.6 is 0 Å². The molecule has 0 aliphatic rings. The number of nitriles is 4. The van der Waals surface area contributed by atoms with Crippen LogP contribution in [0.25, 0.3) is 22.3 Å². The molecule has 0 amide bonds. The summed E-state index contributed by atoms with van der Waals surface area (Å²) in [5.41, 5.74) is 6.78. The van der Waals surface area contributed by atoms with Crippen LogP contribution in [0.15, 0.2) is 97.1 Å². The van der Waals surface area contributed by atoms with Gasteiger partial charge < -0.3 is 5.48 Å². The molecule has 0 aromatic heterocycles. The van der Waals surface area contributed by atoms with Crippen molar-refractivity contribution in [2.24, 2.45) is 0 Å². The lowest BCUT2D eigenvalue weighted by Gasteiger charge is -2.01. The van der Waals surface area contributed by atoms with Gasteiger partial charge in [0.25, 0.3) is 0 Å². The van der Waals surface area contributed by atoms with Gasteiger partial charge in [-0.3, -0.25) is 0 Å². The largest absolute Gasteiger partial charge is 0.412 e. The lowest BCUT2D eigenvalue weighted by atomic mass is 10.0. The summed E-state index contributed by atoms with van der Waals surface area (Å²) in [5, 5.41) is 34.7. The molecular weight excluding hydrogens is 408 g/mol. The van der Waals surface area contributed by atoms with Gasteiger partial charge in [-0.1, -0.05) is 48.5 Å². The van der Waals surface area contributed by atoms with Crippen LogP contribution in [-0.4, -0.2) is 5.48 Å². The van der Waals surface area contributed by atoms with Gasteiger partial charge in [0.1, 0.15) is 0 Å². The third-order valence-electron chi connectivity index (χ3n) is 4.72. The second-order valence-electron chi connectivity index (χ2n) is 6.76. The van der Waals surface area contributed by atoms with Crippen molar-refractivity contribution in [2.45, 2.75) is 0 Å². The van der Waals surface area contributed by atoms with Gasteiger partial charge in [0, 0.05) is 0 Å². The minimum atomic E-state index is 0. The summed E-state index contributed by atoms with van der Waals surface area (Å²) in [5.74, 6) is 0. The van der Waals surface area contributed by atoms with E-state index < -0.39 is 0 Å². The van der Waals surface area contributed by atoms with E-state index >= 15 is 0 Å². The van der Waals surface area contributed by atoms with Crippen molar-refractivity contribution in [2.75, 3.05) is 0 Å². The quantitative estimate of drug-likeness (QED) is 0.427. The highest BCUT2D eigenvalue weighted by molar-refractivity contribution is 5.66. The van der Waals surface area contributed by atoms with E-state index in [0.717, 1.165) is 22.3 Å². The molecule has 0 saturated heterocycles. The molecular formula is C28H18N4O. The molecule has 156 valence electrons. The second kappa shape index (κ2) is 11.8. The Hall–Kier alpha value is -5.20. The fourth-order valence-electron chi connectivity index (χ4n) is 2.95. The number of hydrogen-bond donors (Lipinski definition) is 0. The SMILES string of the molecule is N#Cc1ccc(-c2ccc(C#N)cc2)cc1.N#Cc1ccc(-c2ccc(C#N)cc2)cc1.O. The third kappa shape index (κ3) is 6.39. The van der Waals surface area contributed by atoms with Crippen molar-refractivity contribution in [3.8, 4) is 46.5 Å². The monoisotopic (exact) mass is 426 g/mol. The second-order valence-corrected chi connectivity index (χ2v) is 6.76. The van der Waals surface area contributed by atoms with E-state index in [-0.39, 0.29) is 5.48 Å². The Morgan fingerprint density at radius 2 is 0.455 bits per heavy atom. The molecule has 5 nitrogen and oxygen atoms in total. The minimum absolute atomic E-state index is 0. The zero-order valence-electron chi connectivity index (χ0n) is 17.5. The molecule has 0 spiro atoms. The van der Waals surface area contributed by atoms with Gasteiger partial charge >= 0.3 is 0 Å². The van der Waals surface area contributed by atoms with Crippen molar-refractivity contribution in [3.63, 3.8) is 0 Å². The summed E-state index contributed by atoms with van der Waals surface area (Å²) in [4.78, 5) is 0. The van der Waals surface area contributed by atoms with Gasteiger partial charge in [0.05, 0.1) is 46.5 Å². The van der Waals surface area contributed by atoms with Crippen molar-refractivity contribution >= 4 is 0 Å². The predicted molar refractivity (Wildman–Crippen MR) is 126 cm³/mol. The Kier molecular flexibility index (Phi) is 8.64. The van der Waals surface area contributed by atoms with Crippen molar-refractivity contribution in [1.82, 2.24) is 0 Å². The number of nitrogens with zero attached hydrogens (tertiary/aromatic N) is 4. The molecule has 5 heteroatoms. The first kappa shape index (κ1) is 24.1. The molecule has 0 radical (unpaired) electrons. The zero-order chi connectivity index (χ0) is 22.8. The van der Waals surface area contributed by atoms with Crippen LogP contribution < -0.4 is 0 Å². The lowest BCUT2D eigenvalue weighted by molar-refractivity contribution is 0.824. The van der Waals surface area contributed by atoms with Crippen LogP contribution in [0, 0.1) is 45.3 Å². The maximum Gasteiger partial charge on any atom is 0.0991 e. The summed E-state index contributed by atoms with van der Waals surface area (Å²) in [6.45, 7) is 0. The number of hydrogen-bond acceptors (Lipinski definition) is 4. The van der Waals surface area contributed by atoms with Gasteiger partial charge in [0.15, 0.2) is 0 Å². The number of benzene rings is 4. The van der Waals surface area contributed by atoms with Crippen molar-refractivity contribution in [1.29, 1.82) is 21.0 Å². The summed E-state index contributed by atoms with van der Waals surface area (Å²) in [6, 6.07) is 37.8. The molecule has 4 aromatic carbocycles. The smallest absolute Gasteiger partial charge is 0.0991 e. The molecule has 2 N–H and O–H groups in total. The van der Waals surface area contributed by atoms with E-state index in [4.69, 9.17) is 21.0 Å². The van der Waals surface area contributed by atoms with Gasteiger partial charge in [-0.2, -0.15) is 21.0 Å². The van der Waals surface area contributed by atoms with E-state index in [1.165, 1.54) is 0 Å². The predicted octanol–water partition coefficient (Wildman–Crippen LogP) is 5.37. The maximum absolute atomic E-state index is 8.68. The van der Waals surface area contributed by atoms with E-state index in [2.05, 4.69) is 24.3 Å². The molecule has 0 unspecified atom stereocenters. The Morgan fingerprint density at radius 3 is 0.576 bits per heavy atom. The summed E-state index contributed by atoms with van der Waals surface area (Å²) < 4.78 is 0. The van der Waals surface area contributed by atoms with Crippen LogP contribution in [0.1, 0.15) is 22.3 Å². The first-order valence-electron chi connectivity index (χ1n) is 9.68. The molecule has 4 rings (SSSR count). The van der Waals surface area contributed by atoms with E-state index in [1.54, 1.807) is 48.5 Å². The van der Waals surface area contributed by atoms with Crippen LogP contribution in [0.5, 0.6) is 0 Å². The molecule has 4 aromatic rings. The highest BCUT2D eigenvalue weighted by Crippen LogP contribution is 2.21. The highest BCUT2D eigenvalue weighted by Gasteiger charge is 1.99. The van der Waals surface area contributed by atoms with Crippen LogP contribution in [0.3, 0.4) is 0 Å². The maximum atomic E-state index is 8.68. The van der Waals surface area contributed by atoms with Gasteiger partial charge in [0.2, 0.25) is 0 Å². The minimum Gasteiger partial charge on any atom is -0.412 e. The Bertz CT molecular complexity index is 1140. The summed E-state index contributed by atoms with van der Waals surface area (Å²) >= 11 is 0. The fraction of sp³-hybridized carbons (Fsp3) is 0. The Morgan fingerprint density at radius 1 is 0.303 bits per heavy atom. The van der Waals surface area contributed by atoms with E-state index in [1.807, 2.05) is 48.5 Å². The summed E-state index contributed by atoms with van der Waals surface area (Å²) in [7, 11) is 0. The first-order chi connectivity index (χ1) is 15.7. The molecule has 0 atom stereocenters. The summed E-state index contributed by atoms with van der Waals surface area (Å²) in [6.07, 6.45) is 0. The average Bonchev–Trinajstić information content (AvgIpc) is 2.89. The van der Waals surface area contributed by atoms with Gasteiger partial charge in [-0.25, -0.2) is 0 Å². The van der Waals surface area contributed by atoms with E-state index in [9.17, 15) is 0 Å². The molecule has 0 aliphatic heterocycles.